The zero-order chi connectivity index (χ0) is 18.6. The number of rotatable bonds is 5. The van der Waals surface area contributed by atoms with E-state index in [1.165, 1.54) is 11.8 Å². The van der Waals surface area contributed by atoms with Crippen LogP contribution in [-0.4, -0.2) is 38.5 Å². The second-order valence-electron chi connectivity index (χ2n) is 6.29. The van der Waals surface area contributed by atoms with Crippen molar-refractivity contribution in [3.63, 3.8) is 0 Å². The van der Waals surface area contributed by atoms with Gasteiger partial charge in [-0.3, -0.25) is 4.79 Å². The predicted molar refractivity (Wildman–Crippen MR) is 102 cm³/mol. The molecule has 3 aromatic rings. The molecule has 0 spiro atoms. The van der Waals surface area contributed by atoms with Crippen LogP contribution in [0.3, 0.4) is 0 Å². The Kier molecular flexibility index (Phi) is 5.06. The van der Waals surface area contributed by atoms with Gasteiger partial charge in [-0.1, -0.05) is 47.7 Å². The van der Waals surface area contributed by atoms with E-state index in [9.17, 15) is 4.79 Å². The van der Waals surface area contributed by atoms with E-state index in [0.717, 1.165) is 29.0 Å². The van der Waals surface area contributed by atoms with Gasteiger partial charge in [-0.05, 0) is 35.5 Å². The number of nitrogens with one attached hydrogen (secondary N) is 1. The Morgan fingerprint density at radius 1 is 1.26 bits per heavy atom. The molecule has 1 aromatic heterocycles. The van der Waals surface area contributed by atoms with E-state index in [2.05, 4.69) is 20.8 Å². The number of para-hydroxylation sites is 1. The van der Waals surface area contributed by atoms with Gasteiger partial charge in [0.15, 0.2) is 0 Å². The molecule has 1 aliphatic heterocycles. The van der Waals surface area contributed by atoms with E-state index in [1.807, 2.05) is 55.5 Å². The molecule has 0 saturated heterocycles. The molecule has 1 N–H and O–H groups in total. The number of hydrogen-bond acceptors (Lipinski definition) is 6. The summed E-state index contributed by atoms with van der Waals surface area (Å²) in [5.74, 6) is 1.02. The molecule has 0 aliphatic carbocycles. The quantitative estimate of drug-likeness (QED) is 0.685. The average molecular weight is 381 g/mol. The molecule has 1 aliphatic rings. The third-order valence-electron chi connectivity index (χ3n) is 4.35. The van der Waals surface area contributed by atoms with Crippen molar-refractivity contribution < 1.29 is 9.53 Å². The van der Waals surface area contributed by atoms with Crippen LogP contribution in [0.1, 0.15) is 23.6 Å². The molecule has 7 nitrogen and oxygen atoms in total. The Labute approximate surface area is 161 Å². The minimum Gasteiger partial charge on any atom is -0.493 e. The molecular formula is C19H19N5O2S. The fourth-order valence-corrected chi connectivity index (χ4v) is 3.68. The van der Waals surface area contributed by atoms with Crippen molar-refractivity contribution in [3.05, 3.63) is 59.7 Å². The van der Waals surface area contributed by atoms with Crippen molar-refractivity contribution in [2.75, 3.05) is 12.4 Å². The molecule has 27 heavy (non-hydrogen) atoms. The highest BCUT2D eigenvalue weighted by Crippen LogP contribution is 2.31. The smallest absolute Gasteiger partial charge is 0.230 e. The third kappa shape index (κ3) is 3.95. The van der Waals surface area contributed by atoms with Gasteiger partial charge in [0.25, 0.3) is 0 Å². The van der Waals surface area contributed by atoms with Crippen LogP contribution < -0.4 is 10.1 Å². The summed E-state index contributed by atoms with van der Waals surface area (Å²) in [6, 6.07) is 15.7. The van der Waals surface area contributed by atoms with Crippen molar-refractivity contribution in [3.8, 4) is 11.4 Å². The van der Waals surface area contributed by atoms with Gasteiger partial charge in [-0.25, -0.2) is 0 Å². The molecular weight excluding hydrogens is 362 g/mol. The van der Waals surface area contributed by atoms with E-state index in [0.29, 0.717) is 11.8 Å². The molecule has 2 aromatic carbocycles. The number of benzene rings is 2. The number of aryl methyl sites for hydroxylation is 1. The molecule has 1 amide bonds. The van der Waals surface area contributed by atoms with Gasteiger partial charge in [0.05, 0.1) is 24.1 Å². The number of tetrazole rings is 1. The summed E-state index contributed by atoms with van der Waals surface area (Å²) < 4.78 is 7.28. The van der Waals surface area contributed by atoms with Crippen LogP contribution in [0.2, 0.25) is 0 Å². The van der Waals surface area contributed by atoms with Gasteiger partial charge < -0.3 is 10.1 Å². The van der Waals surface area contributed by atoms with Crippen LogP contribution in [0, 0.1) is 6.92 Å². The van der Waals surface area contributed by atoms with Crippen LogP contribution in [0.25, 0.3) is 5.69 Å². The Hall–Kier alpha value is -2.87. The van der Waals surface area contributed by atoms with Gasteiger partial charge in [0, 0.05) is 12.0 Å². The van der Waals surface area contributed by atoms with E-state index in [1.54, 1.807) is 4.68 Å². The Morgan fingerprint density at radius 3 is 2.93 bits per heavy atom. The number of aromatic nitrogens is 4. The fourth-order valence-electron chi connectivity index (χ4n) is 2.98. The van der Waals surface area contributed by atoms with Crippen LogP contribution in [0.5, 0.6) is 5.75 Å². The Balaban J connectivity index is 1.40. The maximum absolute atomic E-state index is 12.5. The lowest BCUT2D eigenvalue weighted by Gasteiger charge is -2.26. The molecule has 0 fully saturated rings. The molecule has 2 heterocycles. The van der Waals surface area contributed by atoms with Gasteiger partial charge >= 0.3 is 0 Å². The predicted octanol–water partition coefficient (Wildman–Crippen LogP) is 2.70. The van der Waals surface area contributed by atoms with Gasteiger partial charge in [0.2, 0.25) is 11.1 Å². The summed E-state index contributed by atoms with van der Waals surface area (Å²) in [6.07, 6.45) is 0.758. The second-order valence-corrected chi connectivity index (χ2v) is 7.24. The summed E-state index contributed by atoms with van der Waals surface area (Å²) >= 11 is 1.31. The normalized spacial score (nSPS) is 15.7. The standard InChI is InChI=1S/C19H19N5O2S/c1-13-6-8-14(9-7-13)24-19(21-22-23-24)27-12-18(25)20-16-10-11-26-17-5-3-2-4-15(16)17/h2-9,16H,10-12H2,1H3,(H,20,25). The number of carbonyl (C=O) groups excluding carboxylic acids is 1. The summed E-state index contributed by atoms with van der Waals surface area (Å²) in [6.45, 7) is 2.62. The summed E-state index contributed by atoms with van der Waals surface area (Å²) in [5, 5.41) is 15.5. The zero-order valence-electron chi connectivity index (χ0n) is 14.8. The Morgan fingerprint density at radius 2 is 2.07 bits per heavy atom. The highest BCUT2D eigenvalue weighted by molar-refractivity contribution is 7.99. The number of thioether (sulfide) groups is 1. The topological polar surface area (TPSA) is 81.9 Å². The summed E-state index contributed by atoms with van der Waals surface area (Å²) in [5.41, 5.74) is 3.05. The van der Waals surface area contributed by atoms with Crippen molar-refractivity contribution in [1.29, 1.82) is 0 Å². The lowest BCUT2D eigenvalue weighted by Crippen LogP contribution is -2.33. The first-order chi connectivity index (χ1) is 13.2. The van der Waals surface area contributed by atoms with Crippen LogP contribution in [0.4, 0.5) is 0 Å². The number of hydrogen-bond donors (Lipinski definition) is 1. The van der Waals surface area contributed by atoms with Crippen molar-refractivity contribution >= 4 is 17.7 Å². The number of ether oxygens (including phenoxy) is 1. The van der Waals surface area contributed by atoms with Gasteiger partial charge in [-0.15, -0.1) is 5.10 Å². The van der Waals surface area contributed by atoms with E-state index < -0.39 is 0 Å². The largest absolute Gasteiger partial charge is 0.493 e. The number of amides is 1. The average Bonchev–Trinajstić information content (AvgIpc) is 3.16. The minimum atomic E-state index is -0.0554. The van der Waals surface area contributed by atoms with Crippen molar-refractivity contribution in [1.82, 2.24) is 25.5 Å². The number of fused-ring (bicyclic) bond motifs is 1. The van der Waals surface area contributed by atoms with Crippen LogP contribution >= 0.6 is 11.8 Å². The van der Waals surface area contributed by atoms with Gasteiger partial charge in [-0.2, -0.15) is 4.68 Å². The molecule has 0 radical (unpaired) electrons. The molecule has 0 bridgehead atoms. The monoisotopic (exact) mass is 381 g/mol. The molecule has 8 heteroatoms. The third-order valence-corrected chi connectivity index (χ3v) is 5.26. The minimum absolute atomic E-state index is 0.0313. The molecule has 4 rings (SSSR count). The molecule has 1 unspecified atom stereocenters. The van der Waals surface area contributed by atoms with Gasteiger partial charge in [0.1, 0.15) is 5.75 Å². The number of carbonyl (C=O) groups is 1. The first kappa shape index (κ1) is 17.5. The van der Waals surface area contributed by atoms with E-state index in [-0.39, 0.29) is 17.7 Å². The van der Waals surface area contributed by atoms with E-state index in [4.69, 9.17) is 4.74 Å². The second kappa shape index (κ2) is 7.79. The first-order valence-corrected chi connectivity index (χ1v) is 9.68. The lowest BCUT2D eigenvalue weighted by atomic mass is 10.0. The number of nitrogens with zero attached hydrogens (tertiary/aromatic N) is 4. The maximum atomic E-state index is 12.5. The fraction of sp³-hybridized carbons (Fsp3) is 0.263. The molecule has 1 atom stereocenters. The Bertz CT molecular complexity index is 941. The zero-order valence-corrected chi connectivity index (χ0v) is 15.6. The molecule has 0 saturated carbocycles. The van der Waals surface area contributed by atoms with Crippen LogP contribution in [-0.2, 0) is 4.79 Å². The lowest BCUT2D eigenvalue weighted by molar-refractivity contribution is -0.119. The SMILES string of the molecule is Cc1ccc(-n2nnnc2SCC(=O)NC2CCOc3ccccc32)cc1. The highest BCUT2D eigenvalue weighted by atomic mass is 32.2. The van der Waals surface area contributed by atoms with E-state index >= 15 is 0 Å². The first-order valence-electron chi connectivity index (χ1n) is 8.70. The molecule has 138 valence electrons. The maximum Gasteiger partial charge on any atom is 0.230 e. The highest BCUT2D eigenvalue weighted by Gasteiger charge is 2.23. The summed E-state index contributed by atoms with van der Waals surface area (Å²) in [7, 11) is 0. The van der Waals surface area contributed by atoms with Crippen LogP contribution in [0.15, 0.2) is 53.7 Å². The van der Waals surface area contributed by atoms with Crippen molar-refractivity contribution in [2.24, 2.45) is 0 Å². The van der Waals surface area contributed by atoms with Crippen molar-refractivity contribution in [2.45, 2.75) is 24.5 Å². The summed E-state index contributed by atoms with van der Waals surface area (Å²) in [4.78, 5) is 12.5.